The Morgan fingerprint density at radius 1 is 1.60 bits per heavy atom. The van der Waals surface area contributed by atoms with Crippen molar-refractivity contribution in [2.24, 2.45) is 7.05 Å². The van der Waals surface area contributed by atoms with Gasteiger partial charge in [-0.3, -0.25) is 0 Å². The first-order chi connectivity index (χ1) is 7.08. The topological polar surface area (TPSA) is 81.2 Å². The largest absolute Gasteiger partial charge is 0.478 e. The third-order valence-corrected chi connectivity index (χ3v) is 2.00. The van der Waals surface area contributed by atoms with E-state index in [0.717, 1.165) is 0 Å². The lowest BCUT2D eigenvalue weighted by molar-refractivity contribution is 0.0695. The van der Waals surface area contributed by atoms with Gasteiger partial charge in [-0.2, -0.15) is 15.0 Å². The van der Waals surface area contributed by atoms with Crippen LogP contribution < -0.4 is 0 Å². The summed E-state index contributed by atoms with van der Waals surface area (Å²) < 4.78 is 5.28. The number of rotatable bonds is 2. The predicted molar refractivity (Wildman–Crippen MR) is 50.4 cm³/mol. The van der Waals surface area contributed by atoms with Crippen molar-refractivity contribution in [3.05, 3.63) is 23.6 Å². The van der Waals surface area contributed by atoms with Crippen LogP contribution in [0.5, 0.6) is 0 Å². The zero-order valence-electron chi connectivity index (χ0n) is 8.26. The molecular weight excluding hydrogens is 198 g/mol. The third-order valence-electron chi connectivity index (χ3n) is 2.00. The van der Waals surface area contributed by atoms with Crippen molar-refractivity contribution < 1.29 is 14.3 Å². The molecule has 15 heavy (non-hydrogen) atoms. The van der Waals surface area contributed by atoms with Crippen molar-refractivity contribution >= 4 is 5.97 Å². The molecule has 2 aromatic heterocycles. The number of nitrogens with zero attached hydrogens (tertiary/aromatic N) is 3. The van der Waals surface area contributed by atoms with Crippen LogP contribution in [0.2, 0.25) is 0 Å². The second-order valence-electron chi connectivity index (χ2n) is 3.10. The number of aryl methyl sites for hydroxylation is 2. The van der Waals surface area contributed by atoms with Crippen molar-refractivity contribution in [3.8, 4) is 11.5 Å². The van der Waals surface area contributed by atoms with Gasteiger partial charge in [0.25, 0.3) is 0 Å². The van der Waals surface area contributed by atoms with Gasteiger partial charge in [-0.1, -0.05) is 0 Å². The molecule has 1 N–H and O–H groups in total. The van der Waals surface area contributed by atoms with E-state index in [1.165, 1.54) is 17.1 Å². The van der Waals surface area contributed by atoms with Crippen LogP contribution in [0.1, 0.15) is 16.1 Å². The fourth-order valence-electron chi connectivity index (χ4n) is 1.28. The summed E-state index contributed by atoms with van der Waals surface area (Å²) in [4.78, 5) is 12.2. The summed E-state index contributed by atoms with van der Waals surface area (Å²) in [6.45, 7) is 1.60. The van der Waals surface area contributed by atoms with E-state index in [0.29, 0.717) is 17.2 Å². The maximum absolute atomic E-state index is 10.8. The van der Waals surface area contributed by atoms with Crippen molar-refractivity contribution in [3.63, 3.8) is 0 Å². The summed E-state index contributed by atoms with van der Waals surface area (Å²) in [6.07, 6.45) is 1.52. The summed E-state index contributed by atoms with van der Waals surface area (Å²) in [5.74, 6) is -0.229. The van der Waals surface area contributed by atoms with E-state index >= 15 is 0 Å². The van der Waals surface area contributed by atoms with Gasteiger partial charge < -0.3 is 9.52 Å². The summed E-state index contributed by atoms with van der Waals surface area (Å²) in [7, 11) is 1.68. The van der Waals surface area contributed by atoms with Crippen molar-refractivity contribution in [1.82, 2.24) is 15.0 Å². The van der Waals surface area contributed by atoms with Crippen molar-refractivity contribution in [1.29, 1.82) is 0 Å². The highest BCUT2D eigenvalue weighted by Gasteiger charge is 2.16. The van der Waals surface area contributed by atoms with Crippen molar-refractivity contribution in [2.75, 3.05) is 0 Å². The number of hydrogen-bond acceptors (Lipinski definition) is 4. The second-order valence-corrected chi connectivity index (χ2v) is 3.10. The number of aromatic nitrogens is 3. The third kappa shape index (κ3) is 1.61. The lowest BCUT2D eigenvalue weighted by Crippen LogP contribution is -1.94. The van der Waals surface area contributed by atoms with Crippen molar-refractivity contribution in [2.45, 2.75) is 6.92 Å². The molecule has 0 aromatic carbocycles. The maximum atomic E-state index is 10.8. The normalized spacial score (nSPS) is 10.5. The van der Waals surface area contributed by atoms with E-state index in [2.05, 4.69) is 10.2 Å². The van der Waals surface area contributed by atoms with Gasteiger partial charge in [-0.05, 0) is 6.92 Å². The predicted octanol–water partition coefficient (Wildman–Crippen LogP) is 1.08. The molecule has 78 valence electrons. The molecule has 0 fully saturated rings. The molecule has 0 atom stereocenters. The molecule has 0 aliphatic heterocycles. The van der Waals surface area contributed by atoms with Gasteiger partial charge in [0.05, 0.1) is 6.20 Å². The molecule has 0 amide bonds. The van der Waals surface area contributed by atoms with E-state index in [1.807, 2.05) is 0 Å². The molecule has 6 nitrogen and oxygen atoms in total. The molecule has 0 bridgehead atoms. The lowest BCUT2D eigenvalue weighted by Gasteiger charge is -1.86. The van der Waals surface area contributed by atoms with Crippen LogP contribution in [0.25, 0.3) is 11.5 Å². The van der Waals surface area contributed by atoms with Crippen LogP contribution in [-0.4, -0.2) is 26.1 Å². The monoisotopic (exact) mass is 207 g/mol. The first-order valence-electron chi connectivity index (χ1n) is 4.28. The van der Waals surface area contributed by atoms with Crippen LogP contribution in [0.4, 0.5) is 0 Å². The van der Waals surface area contributed by atoms with Gasteiger partial charge in [-0.15, -0.1) is 0 Å². The Balaban J connectivity index is 2.46. The molecule has 2 aromatic rings. The lowest BCUT2D eigenvalue weighted by atomic mass is 10.2. The number of carboxylic acid groups (broad SMARTS) is 1. The number of carbonyl (C=O) groups is 1. The molecule has 0 spiro atoms. The zero-order chi connectivity index (χ0) is 11.0. The highest BCUT2D eigenvalue weighted by Crippen LogP contribution is 2.22. The van der Waals surface area contributed by atoms with Crippen LogP contribution in [0.15, 0.2) is 16.7 Å². The maximum Gasteiger partial charge on any atom is 0.339 e. The number of aromatic carboxylic acids is 1. The van der Waals surface area contributed by atoms with E-state index in [9.17, 15) is 4.79 Å². The average molecular weight is 207 g/mol. The van der Waals surface area contributed by atoms with E-state index in [1.54, 1.807) is 14.0 Å². The fraction of sp³-hybridized carbons (Fsp3) is 0.222. The molecule has 0 saturated heterocycles. The molecule has 0 saturated carbocycles. The zero-order valence-corrected chi connectivity index (χ0v) is 8.26. The summed E-state index contributed by atoms with van der Waals surface area (Å²) >= 11 is 0. The molecule has 0 radical (unpaired) electrons. The Hall–Kier alpha value is -2.11. The number of hydrogen-bond donors (Lipinski definition) is 1. The summed E-state index contributed by atoms with van der Waals surface area (Å²) in [5, 5.41) is 16.7. The minimum absolute atomic E-state index is 0.149. The first-order valence-corrected chi connectivity index (χ1v) is 4.28. The standard InChI is InChI=1S/C9H9N3O3/c1-5-6(9(13)14)3-8(15-5)7-4-10-12(2)11-7/h3-4H,1-2H3,(H,13,14). The number of carboxylic acids is 1. The molecule has 0 aliphatic rings. The highest BCUT2D eigenvalue weighted by molar-refractivity contribution is 5.90. The van der Waals surface area contributed by atoms with E-state index in [4.69, 9.17) is 9.52 Å². The fourth-order valence-corrected chi connectivity index (χ4v) is 1.28. The second kappa shape index (κ2) is 3.23. The van der Waals surface area contributed by atoms with E-state index in [-0.39, 0.29) is 5.56 Å². The highest BCUT2D eigenvalue weighted by atomic mass is 16.4. The number of furan rings is 1. The molecular formula is C9H9N3O3. The Labute approximate surface area is 85.1 Å². The van der Waals surface area contributed by atoms with E-state index < -0.39 is 5.97 Å². The molecule has 2 rings (SSSR count). The summed E-state index contributed by atoms with van der Waals surface area (Å²) in [5.41, 5.74) is 0.670. The van der Waals surface area contributed by atoms with Crippen LogP contribution in [-0.2, 0) is 7.05 Å². The molecule has 2 heterocycles. The SMILES string of the molecule is Cc1oc(-c2cnn(C)n2)cc1C(=O)O. The van der Waals surface area contributed by atoms with Crippen LogP contribution in [0.3, 0.4) is 0 Å². The molecule has 6 heteroatoms. The molecule has 0 aliphatic carbocycles. The van der Waals surface area contributed by atoms with Crippen LogP contribution in [0, 0.1) is 6.92 Å². The smallest absolute Gasteiger partial charge is 0.339 e. The van der Waals surface area contributed by atoms with Crippen LogP contribution >= 0.6 is 0 Å². The van der Waals surface area contributed by atoms with Gasteiger partial charge in [0.1, 0.15) is 17.0 Å². The average Bonchev–Trinajstić information content (AvgIpc) is 2.71. The Kier molecular flexibility index (Phi) is 2.03. The Morgan fingerprint density at radius 2 is 2.33 bits per heavy atom. The minimum atomic E-state index is -1.01. The summed E-state index contributed by atoms with van der Waals surface area (Å²) in [6, 6.07) is 1.45. The van der Waals surface area contributed by atoms with Gasteiger partial charge in [0.15, 0.2) is 5.76 Å². The Bertz CT molecular complexity index is 512. The molecule has 0 unspecified atom stereocenters. The quantitative estimate of drug-likeness (QED) is 0.796. The van der Waals surface area contributed by atoms with Gasteiger partial charge >= 0.3 is 5.97 Å². The minimum Gasteiger partial charge on any atom is -0.478 e. The Morgan fingerprint density at radius 3 is 2.80 bits per heavy atom. The van der Waals surface area contributed by atoms with Gasteiger partial charge in [0, 0.05) is 13.1 Å². The first kappa shape index (κ1) is 9.45. The van der Waals surface area contributed by atoms with Gasteiger partial charge in [0.2, 0.25) is 0 Å². The van der Waals surface area contributed by atoms with Gasteiger partial charge in [-0.25, -0.2) is 4.79 Å².